The van der Waals surface area contributed by atoms with E-state index >= 15 is 0 Å². The number of piperidine rings is 1. The zero-order chi connectivity index (χ0) is 13.9. The fraction of sp³-hybridized carbons (Fsp3) is 0.533. The molecule has 20 heavy (non-hydrogen) atoms. The molecular formula is C15H19NO4. The highest BCUT2D eigenvalue weighted by molar-refractivity contribution is 5.82. The summed E-state index contributed by atoms with van der Waals surface area (Å²) in [6.07, 6.45) is 1.33. The molecule has 1 fully saturated rings. The number of hydrogen-bond acceptors (Lipinski definition) is 4. The fourth-order valence-electron chi connectivity index (χ4n) is 2.76. The molecule has 2 aliphatic heterocycles. The third-order valence-corrected chi connectivity index (χ3v) is 3.87. The summed E-state index contributed by atoms with van der Waals surface area (Å²) in [4.78, 5) is 14.2. The summed E-state index contributed by atoms with van der Waals surface area (Å²) in [5.41, 5.74) is 0. The van der Waals surface area contributed by atoms with Gasteiger partial charge in [-0.25, -0.2) is 0 Å². The number of benzene rings is 1. The molecule has 0 bridgehead atoms. The summed E-state index contributed by atoms with van der Waals surface area (Å²) < 4.78 is 11.3. The van der Waals surface area contributed by atoms with Crippen molar-refractivity contribution in [3.8, 4) is 11.5 Å². The molecule has 2 heterocycles. The van der Waals surface area contributed by atoms with Crippen LogP contribution in [0.25, 0.3) is 0 Å². The topological polar surface area (TPSA) is 59.0 Å². The predicted octanol–water partition coefficient (Wildman–Crippen LogP) is 1.06. The van der Waals surface area contributed by atoms with Crippen molar-refractivity contribution in [1.29, 1.82) is 0 Å². The minimum atomic E-state index is -0.581. The first-order chi connectivity index (χ1) is 9.78. The summed E-state index contributed by atoms with van der Waals surface area (Å²) in [5.74, 6) is 1.44. The molecular weight excluding hydrogens is 258 g/mol. The first kappa shape index (κ1) is 13.2. The lowest BCUT2D eigenvalue weighted by Crippen LogP contribution is -2.50. The SMILES string of the molecule is O=C([C@@H]1COc2ccccc2O1)N1CCC[C@H](CO)C1. The lowest BCUT2D eigenvalue weighted by Gasteiger charge is -2.35. The van der Waals surface area contributed by atoms with Crippen LogP contribution in [0.5, 0.6) is 11.5 Å². The molecule has 3 rings (SSSR count). The first-order valence-electron chi connectivity index (χ1n) is 7.06. The minimum Gasteiger partial charge on any atom is -0.485 e. The van der Waals surface area contributed by atoms with E-state index in [1.54, 1.807) is 4.90 Å². The third-order valence-electron chi connectivity index (χ3n) is 3.87. The van der Waals surface area contributed by atoms with Crippen LogP contribution in [0.15, 0.2) is 24.3 Å². The number of para-hydroxylation sites is 2. The molecule has 2 aliphatic rings. The van der Waals surface area contributed by atoms with Gasteiger partial charge in [-0.3, -0.25) is 4.79 Å². The van der Waals surface area contributed by atoms with E-state index in [2.05, 4.69) is 0 Å². The highest BCUT2D eigenvalue weighted by Crippen LogP contribution is 2.31. The van der Waals surface area contributed by atoms with Crippen LogP contribution in [0, 0.1) is 5.92 Å². The average molecular weight is 277 g/mol. The Hall–Kier alpha value is -1.75. The Labute approximate surface area is 118 Å². The maximum Gasteiger partial charge on any atom is 0.267 e. The number of amides is 1. The molecule has 5 heteroatoms. The number of carbonyl (C=O) groups excluding carboxylic acids is 1. The number of fused-ring (bicyclic) bond motifs is 1. The number of hydrogen-bond donors (Lipinski definition) is 1. The molecule has 2 atom stereocenters. The average Bonchev–Trinajstić information content (AvgIpc) is 2.53. The van der Waals surface area contributed by atoms with E-state index in [1.165, 1.54) is 0 Å². The molecule has 0 saturated carbocycles. The Morgan fingerprint density at radius 3 is 2.95 bits per heavy atom. The fourth-order valence-corrected chi connectivity index (χ4v) is 2.76. The van der Waals surface area contributed by atoms with Crippen LogP contribution >= 0.6 is 0 Å². The summed E-state index contributed by atoms with van der Waals surface area (Å²) in [7, 11) is 0. The molecule has 5 nitrogen and oxygen atoms in total. The van der Waals surface area contributed by atoms with Crippen LogP contribution in [0.2, 0.25) is 0 Å². The van der Waals surface area contributed by atoms with E-state index < -0.39 is 6.10 Å². The van der Waals surface area contributed by atoms with Gasteiger partial charge in [0.25, 0.3) is 5.91 Å². The van der Waals surface area contributed by atoms with E-state index in [4.69, 9.17) is 9.47 Å². The Balaban J connectivity index is 1.67. The quantitative estimate of drug-likeness (QED) is 0.878. The molecule has 0 radical (unpaired) electrons. The third kappa shape index (κ3) is 2.58. The van der Waals surface area contributed by atoms with Crippen LogP contribution in [-0.4, -0.2) is 48.3 Å². The lowest BCUT2D eigenvalue weighted by molar-refractivity contribution is -0.143. The molecule has 1 saturated heterocycles. The summed E-state index contributed by atoms with van der Waals surface area (Å²) in [5, 5.41) is 9.24. The standard InChI is InChI=1S/C15H19NO4/c17-9-11-4-3-7-16(8-11)15(18)14-10-19-12-5-1-2-6-13(12)20-14/h1-2,5-6,11,14,17H,3-4,7-10H2/t11-,14-/m0/s1. The Bertz CT molecular complexity index is 491. The number of carbonyl (C=O) groups is 1. The van der Waals surface area contributed by atoms with E-state index in [0.29, 0.717) is 18.0 Å². The second kappa shape index (κ2) is 5.71. The molecule has 1 N–H and O–H groups in total. The molecule has 0 unspecified atom stereocenters. The molecule has 0 aliphatic carbocycles. The van der Waals surface area contributed by atoms with Crippen molar-refractivity contribution in [3.05, 3.63) is 24.3 Å². The Kier molecular flexibility index (Phi) is 3.78. The van der Waals surface area contributed by atoms with E-state index in [9.17, 15) is 9.90 Å². The summed E-state index contributed by atoms with van der Waals surface area (Å²) >= 11 is 0. The first-order valence-corrected chi connectivity index (χ1v) is 7.06. The normalized spacial score (nSPS) is 25.4. The highest BCUT2D eigenvalue weighted by Gasteiger charge is 2.33. The molecule has 0 spiro atoms. The molecule has 1 aromatic rings. The second-order valence-corrected chi connectivity index (χ2v) is 5.34. The molecule has 1 amide bonds. The lowest BCUT2D eigenvalue weighted by atomic mass is 9.98. The highest BCUT2D eigenvalue weighted by atomic mass is 16.6. The van der Waals surface area contributed by atoms with Gasteiger partial charge in [-0.15, -0.1) is 0 Å². The number of rotatable bonds is 2. The van der Waals surface area contributed by atoms with Crippen molar-refractivity contribution < 1.29 is 19.4 Å². The van der Waals surface area contributed by atoms with Crippen molar-refractivity contribution in [3.63, 3.8) is 0 Å². The van der Waals surface area contributed by atoms with Gasteiger partial charge in [-0.2, -0.15) is 0 Å². The van der Waals surface area contributed by atoms with E-state index in [0.717, 1.165) is 19.4 Å². The predicted molar refractivity (Wildman–Crippen MR) is 72.7 cm³/mol. The summed E-state index contributed by atoms with van der Waals surface area (Å²) in [6, 6.07) is 7.37. The molecule has 0 aromatic heterocycles. The van der Waals surface area contributed by atoms with Gasteiger partial charge >= 0.3 is 0 Å². The van der Waals surface area contributed by atoms with Crippen molar-refractivity contribution in [2.45, 2.75) is 18.9 Å². The second-order valence-electron chi connectivity index (χ2n) is 5.34. The van der Waals surface area contributed by atoms with Crippen molar-refractivity contribution in [1.82, 2.24) is 4.90 Å². The number of likely N-dealkylation sites (tertiary alicyclic amines) is 1. The van der Waals surface area contributed by atoms with Gasteiger partial charge < -0.3 is 19.5 Å². The van der Waals surface area contributed by atoms with Gasteiger partial charge in [-0.05, 0) is 30.9 Å². The zero-order valence-corrected chi connectivity index (χ0v) is 11.3. The van der Waals surface area contributed by atoms with Crippen molar-refractivity contribution in [2.75, 3.05) is 26.3 Å². The van der Waals surface area contributed by atoms with Gasteiger partial charge in [0.05, 0.1) is 0 Å². The number of aliphatic hydroxyl groups excluding tert-OH is 1. The molecule has 1 aromatic carbocycles. The van der Waals surface area contributed by atoms with E-state index in [1.807, 2.05) is 24.3 Å². The van der Waals surface area contributed by atoms with Crippen LogP contribution in [0.1, 0.15) is 12.8 Å². The van der Waals surface area contributed by atoms with Crippen molar-refractivity contribution >= 4 is 5.91 Å². The van der Waals surface area contributed by atoms with Crippen molar-refractivity contribution in [2.24, 2.45) is 5.92 Å². The monoisotopic (exact) mass is 277 g/mol. The van der Waals surface area contributed by atoms with Crippen LogP contribution in [0.3, 0.4) is 0 Å². The van der Waals surface area contributed by atoms with Gasteiger partial charge in [0.15, 0.2) is 11.5 Å². The van der Waals surface area contributed by atoms with Crippen LogP contribution in [0.4, 0.5) is 0 Å². The number of nitrogens with zero attached hydrogens (tertiary/aromatic N) is 1. The van der Waals surface area contributed by atoms with Gasteiger partial charge in [0.2, 0.25) is 6.10 Å². The minimum absolute atomic E-state index is 0.0438. The van der Waals surface area contributed by atoms with E-state index in [-0.39, 0.29) is 25.0 Å². The Morgan fingerprint density at radius 2 is 2.15 bits per heavy atom. The smallest absolute Gasteiger partial charge is 0.267 e. The number of aliphatic hydroxyl groups is 1. The Morgan fingerprint density at radius 1 is 1.35 bits per heavy atom. The zero-order valence-electron chi connectivity index (χ0n) is 11.3. The van der Waals surface area contributed by atoms with Crippen LogP contribution < -0.4 is 9.47 Å². The van der Waals surface area contributed by atoms with Gasteiger partial charge in [0.1, 0.15) is 6.61 Å². The molecule has 108 valence electrons. The number of ether oxygens (including phenoxy) is 2. The van der Waals surface area contributed by atoms with Crippen LogP contribution in [-0.2, 0) is 4.79 Å². The maximum atomic E-state index is 12.5. The largest absolute Gasteiger partial charge is 0.485 e. The summed E-state index contributed by atoms with van der Waals surface area (Å²) in [6.45, 7) is 1.72. The van der Waals surface area contributed by atoms with Gasteiger partial charge in [0, 0.05) is 19.7 Å². The maximum absolute atomic E-state index is 12.5. The van der Waals surface area contributed by atoms with Gasteiger partial charge in [-0.1, -0.05) is 12.1 Å².